The summed E-state index contributed by atoms with van der Waals surface area (Å²) in [5, 5.41) is 9.02. The zero-order valence-corrected chi connectivity index (χ0v) is 6.63. The van der Waals surface area contributed by atoms with Gasteiger partial charge in [0, 0.05) is 10.7 Å². The quantitative estimate of drug-likeness (QED) is 0.645. The summed E-state index contributed by atoms with van der Waals surface area (Å²) in [7, 11) is 0. The van der Waals surface area contributed by atoms with Crippen LogP contribution >= 0.6 is 11.5 Å². The summed E-state index contributed by atoms with van der Waals surface area (Å²) < 4.78 is 8.98. The summed E-state index contributed by atoms with van der Waals surface area (Å²) >= 11 is 1.38. The fourth-order valence-electron chi connectivity index (χ4n) is 0.796. The van der Waals surface area contributed by atoms with E-state index >= 15 is 0 Å². The van der Waals surface area contributed by atoms with Crippen molar-refractivity contribution in [2.75, 3.05) is 0 Å². The standard InChI is InChI=1S/C6H5N3OS/c1-4-6(10-9-7-4)5-2-3-11-8-5/h2-3H,1H3. The van der Waals surface area contributed by atoms with Crippen LogP contribution in [0.25, 0.3) is 11.5 Å². The predicted molar refractivity (Wildman–Crippen MR) is 40.1 cm³/mol. The van der Waals surface area contributed by atoms with Crippen molar-refractivity contribution >= 4 is 11.5 Å². The molecule has 0 saturated heterocycles. The van der Waals surface area contributed by atoms with E-state index in [1.54, 1.807) is 0 Å². The molecule has 5 heteroatoms. The second-order valence-corrected chi connectivity index (χ2v) is 2.74. The molecule has 0 aliphatic carbocycles. The Morgan fingerprint density at radius 1 is 1.55 bits per heavy atom. The van der Waals surface area contributed by atoms with E-state index in [4.69, 9.17) is 4.52 Å². The lowest BCUT2D eigenvalue weighted by atomic mass is 10.3. The largest absolute Gasteiger partial charge is 0.335 e. The number of nitrogens with zero attached hydrogens (tertiary/aromatic N) is 3. The van der Waals surface area contributed by atoms with Crippen molar-refractivity contribution in [3.8, 4) is 11.5 Å². The third-order valence-electron chi connectivity index (χ3n) is 1.32. The Morgan fingerprint density at radius 2 is 2.45 bits per heavy atom. The first-order valence-corrected chi connectivity index (χ1v) is 3.91. The van der Waals surface area contributed by atoms with Crippen molar-refractivity contribution in [3.63, 3.8) is 0 Å². The lowest BCUT2D eigenvalue weighted by Crippen LogP contribution is -1.76. The minimum Gasteiger partial charge on any atom is -0.335 e. The van der Waals surface area contributed by atoms with Gasteiger partial charge in [-0.15, -0.1) is 5.10 Å². The van der Waals surface area contributed by atoms with Gasteiger partial charge in [-0.05, 0) is 24.5 Å². The molecular formula is C6H5N3OS. The molecule has 2 rings (SSSR count). The number of aromatic nitrogens is 3. The summed E-state index contributed by atoms with van der Waals surface area (Å²) in [4.78, 5) is 0. The molecule has 56 valence electrons. The van der Waals surface area contributed by atoms with E-state index in [1.165, 1.54) is 11.5 Å². The maximum absolute atomic E-state index is 4.89. The maximum atomic E-state index is 4.89. The summed E-state index contributed by atoms with van der Waals surface area (Å²) in [5.41, 5.74) is 1.58. The van der Waals surface area contributed by atoms with Crippen LogP contribution in [0, 0.1) is 6.92 Å². The number of hydrogen-bond donors (Lipinski definition) is 0. The normalized spacial score (nSPS) is 10.3. The first-order valence-electron chi connectivity index (χ1n) is 3.07. The van der Waals surface area contributed by atoms with Gasteiger partial charge in [-0.2, -0.15) is 4.37 Å². The highest BCUT2D eigenvalue weighted by molar-refractivity contribution is 7.03. The van der Waals surface area contributed by atoms with Crippen molar-refractivity contribution in [1.29, 1.82) is 0 Å². The summed E-state index contributed by atoms with van der Waals surface area (Å²) in [6, 6.07) is 1.87. The molecule has 0 N–H and O–H groups in total. The van der Waals surface area contributed by atoms with Gasteiger partial charge in [-0.25, -0.2) is 0 Å². The Morgan fingerprint density at radius 3 is 3.00 bits per heavy atom. The molecule has 0 unspecified atom stereocenters. The molecule has 0 aliphatic heterocycles. The molecule has 0 aromatic carbocycles. The Balaban J connectivity index is 2.53. The van der Waals surface area contributed by atoms with Crippen LogP contribution in [0.3, 0.4) is 0 Å². The van der Waals surface area contributed by atoms with E-state index in [0.717, 1.165) is 11.4 Å². The van der Waals surface area contributed by atoms with Crippen LogP contribution in [0.5, 0.6) is 0 Å². The Bertz CT molecular complexity index is 340. The molecule has 0 spiro atoms. The van der Waals surface area contributed by atoms with Gasteiger partial charge in [0.1, 0.15) is 11.4 Å². The van der Waals surface area contributed by atoms with Crippen LogP contribution in [0.1, 0.15) is 5.69 Å². The molecule has 0 aliphatic rings. The maximum Gasteiger partial charge on any atom is 0.209 e. The smallest absolute Gasteiger partial charge is 0.209 e. The lowest BCUT2D eigenvalue weighted by Gasteiger charge is -1.84. The fraction of sp³-hybridized carbons (Fsp3) is 0.167. The van der Waals surface area contributed by atoms with Gasteiger partial charge in [0.05, 0.1) is 0 Å². The van der Waals surface area contributed by atoms with Crippen LogP contribution in [0.4, 0.5) is 0 Å². The zero-order chi connectivity index (χ0) is 7.68. The van der Waals surface area contributed by atoms with Crippen molar-refractivity contribution in [2.24, 2.45) is 0 Å². The summed E-state index contributed by atoms with van der Waals surface area (Å²) in [5.74, 6) is 0.659. The Hall–Kier alpha value is -1.23. The first-order chi connectivity index (χ1) is 5.38. The highest BCUT2D eigenvalue weighted by Crippen LogP contribution is 2.19. The second-order valence-electron chi connectivity index (χ2n) is 2.07. The number of aryl methyl sites for hydroxylation is 1. The van der Waals surface area contributed by atoms with Crippen LogP contribution in [-0.2, 0) is 0 Å². The van der Waals surface area contributed by atoms with Crippen molar-refractivity contribution in [1.82, 2.24) is 14.7 Å². The molecule has 11 heavy (non-hydrogen) atoms. The highest BCUT2D eigenvalue weighted by atomic mass is 32.1. The average molecular weight is 167 g/mol. The van der Waals surface area contributed by atoms with Crippen LogP contribution < -0.4 is 0 Å². The molecule has 0 amide bonds. The van der Waals surface area contributed by atoms with Crippen molar-refractivity contribution in [2.45, 2.75) is 6.92 Å². The third kappa shape index (κ3) is 1.03. The first kappa shape index (κ1) is 6.48. The van der Waals surface area contributed by atoms with Crippen LogP contribution in [0.2, 0.25) is 0 Å². The van der Waals surface area contributed by atoms with E-state index in [9.17, 15) is 0 Å². The van der Waals surface area contributed by atoms with E-state index < -0.39 is 0 Å². The van der Waals surface area contributed by atoms with Gasteiger partial charge in [-0.3, -0.25) is 0 Å². The van der Waals surface area contributed by atoms with E-state index in [0.29, 0.717) is 5.76 Å². The average Bonchev–Trinajstić information content (AvgIpc) is 2.55. The van der Waals surface area contributed by atoms with Crippen molar-refractivity contribution in [3.05, 3.63) is 17.1 Å². The number of rotatable bonds is 1. The lowest BCUT2D eigenvalue weighted by molar-refractivity contribution is 0.403. The van der Waals surface area contributed by atoms with Crippen LogP contribution in [-0.4, -0.2) is 14.7 Å². The number of hydrogen-bond acceptors (Lipinski definition) is 5. The molecule has 2 aromatic heterocycles. The van der Waals surface area contributed by atoms with Gasteiger partial charge in [-0.1, -0.05) is 0 Å². The van der Waals surface area contributed by atoms with Crippen molar-refractivity contribution < 1.29 is 4.52 Å². The molecule has 0 radical (unpaired) electrons. The van der Waals surface area contributed by atoms with Gasteiger partial charge in [0.2, 0.25) is 5.76 Å². The molecule has 0 saturated carbocycles. The predicted octanol–water partition coefficient (Wildman–Crippen LogP) is 1.50. The monoisotopic (exact) mass is 167 g/mol. The molecular weight excluding hydrogens is 162 g/mol. The van der Waals surface area contributed by atoms with Crippen LogP contribution in [0.15, 0.2) is 16.0 Å². The highest BCUT2D eigenvalue weighted by Gasteiger charge is 2.09. The zero-order valence-electron chi connectivity index (χ0n) is 5.81. The van der Waals surface area contributed by atoms with Gasteiger partial charge < -0.3 is 4.52 Å². The van der Waals surface area contributed by atoms with E-state index in [2.05, 4.69) is 14.7 Å². The SMILES string of the molecule is Cc1nnoc1-c1ccsn1. The minimum absolute atomic E-state index is 0.659. The summed E-state index contributed by atoms with van der Waals surface area (Å²) in [6.45, 7) is 1.84. The van der Waals surface area contributed by atoms with Gasteiger partial charge >= 0.3 is 0 Å². The van der Waals surface area contributed by atoms with E-state index in [1.807, 2.05) is 18.4 Å². The molecule has 4 nitrogen and oxygen atoms in total. The Labute approximate surface area is 67.0 Å². The minimum atomic E-state index is 0.659. The topological polar surface area (TPSA) is 51.8 Å². The fourth-order valence-corrected chi connectivity index (χ4v) is 1.30. The summed E-state index contributed by atoms with van der Waals surface area (Å²) in [6.07, 6.45) is 0. The Kier molecular flexibility index (Phi) is 1.43. The molecule has 0 atom stereocenters. The van der Waals surface area contributed by atoms with Gasteiger partial charge in [0.15, 0.2) is 0 Å². The molecule has 2 heterocycles. The molecule has 2 aromatic rings. The van der Waals surface area contributed by atoms with E-state index in [-0.39, 0.29) is 0 Å². The molecule has 0 fully saturated rings. The second kappa shape index (κ2) is 2.43. The third-order valence-corrected chi connectivity index (χ3v) is 1.88. The molecule has 0 bridgehead atoms. The van der Waals surface area contributed by atoms with Gasteiger partial charge in [0.25, 0.3) is 0 Å².